The molecule has 42 heavy (non-hydrogen) atoms. The van der Waals surface area contributed by atoms with E-state index in [0.717, 1.165) is 41.8 Å². The van der Waals surface area contributed by atoms with Gasteiger partial charge >= 0.3 is 5.97 Å². The number of benzene rings is 3. The smallest absolute Gasteiger partial charge is 0.307 e. The van der Waals surface area contributed by atoms with E-state index in [-0.39, 0.29) is 23.9 Å². The maximum Gasteiger partial charge on any atom is 0.307 e. The summed E-state index contributed by atoms with van der Waals surface area (Å²) >= 11 is 3.54. The Morgan fingerprint density at radius 2 is 1.64 bits per heavy atom. The molecule has 0 aromatic heterocycles. The minimum absolute atomic E-state index is 0.0339. The summed E-state index contributed by atoms with van der Waals surface area (Å²) in [6.45, 7) is 11.2. The molecule has 228 valence electrons. The van der Waals surface area contributed by atoms with Crippen LogP contribution in [-0.4, -0.2) is 37.9 Å². The molecular formula is C35H50N4O2S. The number of aliphatic carboxylic acids is 1. The lowest BCUT2D eigenvalue weighted by Gasteiger charge is -2.36. The number of carboxylic acid groups (broad SMARTS) is 1. The van der Waals surface area contributed by atoms with Crippen LogP contribution in [0.25, 0.3) is 11.1 Å². The Balaban J connectivity index is 0.000000910. The van der Waals surface area contributed by atoms with Gasteiger partial charge in [0, 0.05) is 19.3 Å². The second-order valence-electron chi connectivity index (χ2n) is 11.3. The van der Waals surface area contributed by atoms with E-state index >= 15 is 0 Å². The molecule has 0 bridgehead atoms. The van der Waals surface area contributed by atoms with Crippen molar-refractivity contribution in [1.29, 1.82) is 0 Å². The fourth-order valence-electron chi connectivity index (χ4n) is 6.09. The van der Waals surface area contributed by atoms with E-state index in [4.69, 9.17) is 0 Å². The third kappa shape index (κ3) is 8.01. The second kappa shape index (κ2) is 15.9. The number of nitrogens with zero attached hydrogens (tertiary/aromatic N) is 1. The van der Waals surface area contributed by atoms with Gasteiger partial charge in [0.1, 0.15) is 0 Å². The van der Waals surface area contributed by atoms with Crippen LogP contribution in [0.3, 0.4) is 0 Å². The molecule has 3 aromatic carbocycles. The van der Waals surface area contributed by atoms with Gasteiger partial charge in [0.05, 0.1) is 23.5 Å². The minimum atomic E-state index is -0.682. The highest BCUT2D eigenvalue weighted by molar-refractivity contribution is 7.78. The molecule has 1 fully saturated rings. The average Bonchev–Trinajstić information content (AvgIpc) is 3.29. The third-order valence-corrected chi connectivity index (χ3v) is 8.46. The Bertz CT molecular complexity index is 1260. The Morgan fingerprint density at radius 1 is 1.02 bits per heavy atom. The summed E-state index contributed by atoms with van der Waals surface area (Å²) in [5.74, 6) is -0.434. The summed E-state index contributed by atoms with van der Waals surface area (Å²) < 4.78 is 2.44. The summed E-state index contributed by atoms with van der Waals surface area (Å²) in [4.78, 5) is 14.7. The number of anilines is 3. The van der Waals surface area contributed by atoms with Gasteiger partial charge in [-0.3, -0.25) is 9.52 Å². The van der Waals surface area contributed by atoms with Gasteiger partial charge in [0.15, 0.2) is 0 Å². The highest BCUT2D eigenvalue weighted by Gasteiger charge is 2.39. The number of fused-ring (bicyclic) bond motifs is 1. The van der Waals surface area contributed by atoms with E-state index in [1.165, 1.54) is 16.8 Å². The maximum absolute atomic E-state index is 12.5. The van der Waals surface area contributed by atoms with Crippen LogP contribution < -0.4 is 20.3 Å². The van der Waals surface area contributed by atoms with Crippen LogP contribution in [0.5, 0.6) is 0 Å². The minimum Gasteiger partial charge on any atom is -0.481 e. The predicted molar refractivity (Wildman–Crippen MR) is 183 cm³/mol. The zero-order chi connectivity index (χ0) is 30.8. The van der Waals surface area contributed by atoms with Crippen molar-refractivity contribution in [2.45, 2.75) is 71.9 Å². The van der Waals surface area contributed by atoms with Gasteiger partial charge in [-0.15, -0.1) is 0 Å². The fraction of sp³-hybridized carbons (Fsp3) is 0.457. The van der Waals surface area contributed by atoms with Gasteiger partial charge in [0.25, 0.3) is 0 Å². The van der Waals surface area contributed by atoms with Gasteiger partial charge in [0.2, 0.25) is 0 Å². The molecule has 0 saturated heterocycles. The summed E-state index contributed by atoms with van der Waals surface area (Å²) in [6.07, 6.45) is 3.20. The molecule has 6 nitrogen and oxygen atoms in total. The molecule has 7 heteroatoms. The molecule has 2 aliphatic rings. The number of carboxylic acids is 1. The molecule has 0 spiro atoms. The number of rotatable bonds is 7. The second-order valence-corrected chi connectivity index (χ2v) is 11.8. The highest BCUT2D eigenvalue weighted by Crippen LogP contribution is 2.43. The van der Waals surface area contributed by atoms with E-state index in [1.54, 1.807) is 7.05 Å². The Morgan fingerprint density at radius 3 is 2.24 bits per heavy atom. The van der Waals surface area contributed by atoms with E-state index < -0.39 is 5.97 Å². The topological polar surface area (TPSA) is 76.6 Å². The number of nitrogens with one attached hydrogen (secondary N) is 3. The summed E-state index contributed by atoms with van der Waals surface area (Å²) in [7, 11) is 3.84. The number of carbonyl (C=O) groups is 1. The van der Waals surface area contributed by atoms with Crippen molar-refractivity contribution in [2.24, 2.45) is 11.8 Å². The third-order valence-electron chi connectivity index (χ3n) is 8.46. The molecule has 3 unspecified atom stereocenters. The molecule has 5 rings (SSSR count). The number of hydrogen-bond acceptors (Lipinski definition) is 6. The zero-order valence-electron chi connectivity index (χ0n) is 26.3. The van der Waals surface area contributed by atoms with Crippen molar-refractivity contribution in [3.8, 4) is 11.1 Å². The van der Waals surface area contributed by atoms with Gasteiger partial charge in [-0.25, -0.2) is 0 Å². The molecule has 0 amide bonds. The molecular weight excluding hydrogens is 540 g/mol. The van der Waals surface area contributed by atoms with Crippen molar-refractivity contribution in [3.63, 3.8) is 0 Å². The van der Waals surface area contributed by atoms with Gasteiger partial charge in [-0.1, -0.05) is 89.4 Å². The zero-order valence-corrected chi connectivity index (χ0v) is 27.2. The van der Waals surface area contributed by atoms with Gasteiger partial charge in [-0.2, -0.15) is 0 Å². The van der Waals surface area contributed by atoms with Crippen LogP contribution in [-0.2, 0) is 4.79 Å². The first-order valence-corrected chi connectivity index (χ1v) is 15.8. The van der Waals surface area contributed by atoms with Crippen molar-refractivity contribution in [1.82, 2.24) is 4.72 Å². The Labute approximate surface area is 258 Å². The van der Waals surface area contributed by atoms with E-state index in [9.17, 15) is 9.90 Å². The number of hydrogen-bond donors (Lipinski definition) is 5. The lowest BCUT2D eigenvalue weighted by molar-refractivity contribution is -0.145. The first kappa shape index (κ1) is 33.3. The van der Waals surface area contributed by atoms with E-state index in [1.807, 2.05) is 13.8 Å². The molecule has 4 atom stereocenters. The quantitative estimate of drug-likeness (QED) is 0.178. The lowest BCUT2D eigenvalue weighted by atomic mass is 9.69. The molecule has 1 aliphatic carbocycles. The average molecular weight is 591 g/mol. The maximum atomic E-state index is 12.5. The predicted octanol–water partition coefficient (Wildman–Crippen LogP) is 8.46. The van der Waals surface area contributed by atoms with Crippen LogP contribution in [0.15, 0.2) is 66.7 Å². The molecule has 1 saturated carbocycles. The monoisotopic (exact) mass is 590 g/mol. The highest BCUT2D eigenvalue weighted by atomic mass is 32.1. The Kier molecular flexibility index (Phi) is 12.6. The first-order valence-electron chi connectivity index (χ1n) is 15.3. The standard InChI is InChI=1S/C32H39N3O2.C2H6.CH5NS/c1-20(2)22-12-15-27(16-13-22)33-19-26-6-5-7-28(31(26)32(36)37)24-10-8-23(9-11-24)25-14-17-30-29(18-25)34-21(3)35(30)4;1-2;1-2-3/h8-18,20-21,26,28,31,33-34H,5-7,19H2,1-4H3,(H,36,37);1-2H3;2-3H,1H3/t21?,26?,28?,31-;;/m0../s1. The lowest BCUT2D eigenvalue weighted by Crippen LogP contribution is -2.36. The van der Waals surface area contributed by atoms with Crippen molar-refractivity contribution in [3.05, 3.63) is 77.9 Å². The fourth-order valence-corrected chi connectivity index (χ4v) is 6.09. The first-order chi connectivity index (χ1) is 20.2. The van der Waals surface area contributed by atoms with Crippen LogP contribution in [0.2, 0.25) is 0 Å². The van der Waals surface area contributed by atoms with Crippen LogP contribution in [0.4, 0.5) is 17.1 Å². The van der Waals surface area contributed by atoms with E-state index in [2.05, 4.69) is 128 Å². The van der Waals surface area contributed by atoms with Crippen LogP contribution >= 0.6 is 12.8 Å². The SMILES string of the molecule is CC.CC(C)c1ccc(NCC2CCCC(c3ccc(-c4ccc5c(c4)NC(C)N5C)cc3)[C@H]2C(=O)O)cc1.CNS. The molecule has 1 aliphatic heterocycles. The van der Waals surface area contributed by atoms with Gasteiger partial charge < -0.3 is 20.6 Å². The number of thiol groups is 1. The van der Waals surface area contributed by atoms with Crippen molar-refractivity contribution in [2.75, 3.05) is 36.2 Å². The molecule has 4 N–H and O–H groups in total. The van der Waals surface area contributed by atoms with Crippen LogP contribution in [0.1, 0.15) is 76.8 Å². The summed E-state index contributed by atoms with van der Waals surface area (Å²) in [5, 5.41) is 17.3. The van der Waals surface area contributed by atoms with E-state index in [0.29, 0.717) is 12.5 Å². The normalized spacial score (nSPS) is 20.8. The summed E-state index contributed by atoms with van der Waals surface area (Å²) in [5.41, 5.74) is 8.21. The van der Waals surface area contributed by atoms with Gasteiger partial charge in [-0.05, 0) is 91.1 Å². The van der Waals surface area contributed by atoms with Crippen LogP contribution in [0, 0.1) is 11.8 Å². The largest absolute Gasteiger partial charge is 0.481 e. The molecule has 3 aromatic rings. The molecule has 0 radical (unpaired) electrons. The summed E-state index contributed by atoms with van der Waals surface area (Å²) in [6, 6.07) is 23.7. The molecule has 1 heterocycles. The van der Waals surface area contributed by atoms with Crippen molar-refractivity contribution < 1.29 is 9.90 Å². The van der Waals surface area contributed by atoms with Crippen molar-refractivity contribution >= 4 is 35.8 Å². The Hall–Kier alpha value is -3.16.